The summed E-state index contributed by atoms with van der Waals surface area (Å²) in [6.45, 7) is 8.95. The minimum Gasteiger partial charge on any atom is -0.462 e. The number of hydrogen-bond acceptors (Lipinski definition) is 6. The smallest absolute Gasteiger partial charge is 0.306 e. The highest BCUT2D eigenvalue weighted by atomic mass is 16.6. The summed E-state index contributed by atoms with van der Waals surface area (Å²) < 4.78 is 16.7. The van der Waals surface area contributed by atoms with E-state index in [0.29, 0.717) is 19.3 Å². The lowest BCUT2D eigenvalue weighted by atomic mass is 10.0. The molecular weight excluding hydrogens is 673 g/mol. The maximum atomic E-state index is 12.7. The van der Waals surface area contributed by atoms with E-state index >= 15 is 0 Å². The van der Waals surface area contributed by atoms with Gasteiger partial charge >= 0.3 is 17.9 Å². The maximum absolute atomic E-state index is 12.7. The standard InChI is InChI=1S/C48H92O6/c1-5-7-9-11-13-14-15-16-17-18-19-20-21-24-28-32-36-40-47(50)53-43-45(42-52-46(49)39-35-31-26-12-10-8-6-2)54-48(51)41-37-33-29-25-22-23-27-30-34-38-44(3)4/h44-45H,5-43H2,1-4H3/t45-/m1/s1. The van der Waals surface area contributed by atoms with Crippen LogP contribution in [0.5, 0.6) is 0 Å². The van der Waals surface area contributed by atoms with Gasteiger partial charge in [0.2, 0.25) is 0 Å². The molecule has 0 aliphatic heterocycles. The Morgan fingerprint density at radius 1 is 0.352 bits per heavy atom. The van der Waals surface area contributed by atoms with Crippen molar-refractivity contribution in [3.05, 3.63) is 0 Å². The molecule has 0 bridgehead atoms. The largest absolute Gasteiger partial charge is 0.462 e. The Bertz CT molecular complexity index is 811. The molecule has 1 atom stereocenters. The Morgan fingerprint density at radius 3 is 0.907 bits per heavy atom. The van der Waals surface area contributed by atoms with Crippen molar-refractivity contribution in [2.24, 2.45) is 5.92 Å². The van der Waals surface area contributed by atoms with Crippen LogP contribution in [0.15, 0.2) is 0 Å². The number of rotatable bonds is 43. The lowest BCUT2D eigenvalue weighted by Gasteiger charge is -2.18. The summed E-state index contributed by atoms with van der Waals surface area (Å²) in [5.74, 6) is -0.0526. The summed E-state index contributed by atoms with van der Waals surface area (Å²) in [7, 11) is 0. The first-order chi connectivity index (χ1) is 26.4. The molecule has 0 N–H and O–H groups in total. The molecule has 0 aromatic rings. The molecule has 0 radical (unpaired) electrons. The molecule has 0 heterocycles. The van der Waals surface area contributed by atoms with Crippen LogP contribution in [0.2, 0.25) is 0 Å². The average Bonchev–Trinajstić information content (AvgIpc) is 3.15. The molecule has 0 amide bonds. The molecule has 0 aliphatic rings. The number of carbonyl (C=O) groups is 3. The quantitative estimate of drug-likeness (QED) is 0.0349. The van der Waals surface area contributed by atoms with Crippen LogP contribution in [0.25, 0.3) is 0 Å². The summed E-state index contributed by atoms with van der Waals surface area (Å²) in [5, 5.41) is 0. The SMILES string of the molecule is CCCCCCCCCCCCCCCCCCCC(=O)OC[C@@H](COC(=O)CCCCCCCCC)OC(=O)CCCCCCCCCCCC(C)C. The van der Waals surface area contributed by atoms with Gasteiger partial charge in [0, 0.05) is 19.3 Å². The molecule has 6 heteroatoms. The van der Waals surface area contributed by atoms with Gasteiger partial charge in [-0.1, -0.05) is 227 Å². The molecule has 0 fully saturated rings. The topological polar surface area (TPSA) is 78.9 Å². The molecule has 6 nitrogen and oxygen atoms in total. The third-order valence-electron chi connectivity index (χ3n) is 10.8. The summed E-state index contributed by atoms with van der Waals surface area (Å²) in [6.07, 6.45) is 42.5. The van der Waals surface area contributed by atoms with Crippen molar-refractivity contribution in [2.45, 2.75) is 271 Å². The second kappa shape index (κ2) is 42.6. The van der Waals surface area contributed by atoms with Gasteiger partial charge in [-0.3, -0.25) is 14.4 Å². The van der Waals surface area contributed by atoms with E-state index in [2.05, 4.69) is 27.7 Å². The third-order valence-corrected chi connectivity index (χ3v) is 10.8. The first-order valence-electron chi connectivity index (χ1n) is 23.9. The Balaban J connectivity index is 4.21. The number of unbranched alkanes of at least 4 members (excludes halogenated alkanes) is 30. The molecule has 0 spiro atoms. The Kier molecular flexibility index (Phi) is 41.3. The van der Waals surface area contributed by atoms with Gasteiger partial charge < -0.3 is 14.2 Å². The van der Waals surface area contributed by atoms with E-state index in [1.165, 1.54) is 161 Å². The van der Waals surface area contributed by atoms with E-state index in [9.17, 15) is 14.4 Å². The highest BCUT2D eigenvalue weighted by Crippen LogP contribution is 2.16. The van der Waals surface area contributed by atoms with Gasteiger partial charge in [-0.05, 0) is 25.2 Å². The first-order valence-corrected chi connectivity index (χ1v) is 23.9. The molecule has 0 aliphatic carbocycles. The fourth-order valence-electron chi connectivity index (χ4n) is 7.16. The predicted molar refractivity (Wildman–Crippen MR) is 229 cm³/mol. The van der Waals surface area contributed by atoms with Crippen LogP contribution < -0.4 is 0 Å². The molecule has 0 rings (SSSR count). The van der Waals surface area contributed by atoms with Crippen molar-refractivity contribution < 1.29 is 28.6 Å². The molecule has 0 aromatic carbocycles. The van der Waals surface area contributed by atoms with Gasteiger partial charge in [-0.2, -0.15) is 0 Å². The van der Waals surface area contributed by atoms with Crippen molar-refractivity contribution >= 4 is 17.9 Å². The maximum Gasteiger partial charge on any atom is 0.306 e. The van der Waals surface area contributed by atoms with Crippen LogP contribution in [0, 0.1) is 5.92 Å². The van der Waals surface area contributed by atoms with Gasteiger partial charge in [-0.15, -0.1) is 0 Å². The molecule has 0 saturated heterocycles. The van der Waals surface area contributed by atoms with E-state index in [1.54, 1.807) is 0 Å². The van der Waals surface area contributed by atoms with Gasteiger partial charge in [-0.25, -0.2) is 0 Å². The van der Waals surface area contributed by atoms with Crippen molar-refractivity contribution in [3.8, 4) is 0 Å². The highest BCUT2D eigenvalue weighted by Gasteiger charge is 2.19. The van der Waals surface area contributed by atoms with Crippen molar-refractivity contribution in [2.75, 3.05) is 13.2 Å². The second-order valence-electron chi connectivity index (χ2n) is 16.9. The molecule has 54 heavy (non-hydrogen) atoms. The second-order valence-corrected chi connectivity index (χ2v) is 16.9. The molecular formula is C48H92O6. The molecule has 0 aromatic heterocycles. The lowest BCUT2D eigenvalue weighted by molar-refractivity contribution is -0.167. The molecule has 0 unspecified atom stereocenters. The number of esters is 3. The van der Waals surface area contributed by atoms with Crippen LogP contribution in [-0.2, 0) is 28.6 Å². The first kappa shape index (κ1) is 52.4. The summed E-state index contributed by atoms with van der Waals surface area (Å²) in [4.78, 5) is 37.6. The zero-order valence-corrected chi connectivity index (χ0v) is 36.7. The number of ether oxygens (including phenoxy) is 3. The van der Waals surface area contributed by atoms with Gasteiger partial charge in [0.05, 0.1) is 0 Å². The summed E-state index contributed by atoms with van der Waals surface area (Å²) in [5.41, 5.74) is 0. The van der Waals surface area contributed by atoms with Crippen LogP contribution in [-0.4, -0.2) is 37.2 Å². The van der Waals surface area contributed by atoms with Crippen LogP contribution in [0.4, 0.5) is 0 Å². The van der Waals surface area contributed by atoms with Crippen molar-refractivity contribution in [1.82, 2.24) is 0 Å². The average molecular weight is 765 g/mol. The van der Waals surface area contributed by atoms with E-state index < -0.39 is 6.10 Å². The lowest BCUT2D eigenvalue weighted by Crippen LogP contribution is -2.30. The van der Waals surface area contributed by atoms with Crippen LogP contribution in [0.3, 0.4) is 0 Å². The van der Waals surface area contributed by atoms with Crippen molar-refractivity contribution in [3.63, 3.8) is 0 Å². The predicted octanol–water partition coefficient (Wildman–Crippen LogP) is 15.1. The number of carbonyl (C=O) groups excluding carboxylic acids is 3. The zero-order chi connectivity index (χ0) is 39.6. The van der Waals surface area contributed by atoms with Gasteiger partial charge in [0.1, 0.15) is 13.2 Å². The summed E-state index contributed by atoms with van der Waals surface area (Å²) >= 11 is 0. The van der Waals surface area contributed by atoms with Crippen LogP contribution >= 0.6 is 0 Å². The van der Waals surface area contributed by atoms with Crippen LogP contribution in [0.1, 0.15) is 265 Å². The van der Waals surface area contributed by atoms with Gasteiger partial charge in [0.25, 0.3) is 0 Å². The zero-order valence-electron chi connectivity index (χ0n) is 36.7. The Morgan fingerprint density at radius 2 is 0.611 bits per heavy atom. The van der Waals surface area contributed by atoms with E-state index in [4.69, 9.17) is 14.2 Å². The normalized spacial score (nSPS) is 11.9. The summed E-state index contributed by atoms with van der Waals surface area (Å²) in [6, 6.07) is 0. The number of hydrogen-bond donors (Lipinski definition) is 0. The van der Waals surface area contributed by atoms with Gasteiger partial charge in [0.15, 0.2) is 6.10 Å². The Hall–Kier alpha value is -1.59. The third kappa shape index (κ3) is 41.6. The Labute approximate surface area is 336 Å². The highest BCUT2D eigenvalue weighted by molar-refractivity contribution is 5.71. The minimum atomic E-state index is -0.759. The minimum absolute atomic E-state index is 0.0641. The fraction of sp³-hybridized carbons (Fsp3) is 0.938. The van der Waals surface area contributed by atoms with E-state index in [-0.39, 0.29) is 31.1 Å². The van der Waals surface area contributed by atoms with E-state index in [0.717, 1.165) is 63.7 Å². The van der Waals surface area contributed by atoms with Crippen molar-refractivity contribution in [1.29, 1.82) is 0 Å². The molecule has 0 saturated carbocycles. The molecule has 320 valence electrons. The monoisotopic (exact) mass is 765 g/mol. The van der Waals surface area contributed by atoms with E-state index in [1.807, 2.05) is 0 Å². The fourth-order valence-corrected chi connectivity index (χ4v) is 7.16.